The van der Waals surface area contributed by atoms with Crippen molar-refractivity contribution in [2.75, 3.05) is 5.75 Å². The molecule has 0 radical (unpaired) electrons. The zero-order chi connectivity index (χ0) is 15.3. The third-order valence-corrected chi connectivity index (χ3v) is 6.01. The van der Waals surface area contributed by atoms with E-state index in [9.17, 15) is 8.42 Å². The van der Waals surface area contributed by atoms with Gasteiger partial charge in [-0.15, -0.1) is 0 Å². The molecule has 3 heteroatoms. The van der Waals surface area contributed by atoms with Crippen LogP contribution in [0.3, 0.4) is 0 Å². The third-order valence-electron chi connectivity index (χ3n) is 3.18. The fraction of sp³-hybridized carbons (Fsp3) is 0.875. The molecule has 0 aliphatic heterocycles. The van der Waals surface area contributed by atoms with E-state index in [1.165, 1.54) is 12.8 Å². The summed E-state index contributed by atoms with van der Waals surface area (Å²) < 4.78 is 23.4. The summed E-state index contributed by atoms with van der Waals surface area (Å²) in [5, 5.41) is 0. The predicted octanol–water partition coefficient (Wildman–Crippen LogP) is 4.61. The van der Waals surface area contributed by atoms with Gasteiger partial charge in [-0.3, -0.25) is 0 Å². The molecule has 0 aliphatic rings. The Labute approximate surface area is 120 Å². The lowest BCUT2D eigenvalue weighted by molar-refractivity contribution is 0.367. The molecule has 0 aromatic carbocycles. The highest BCUT2D eigenvalue weighted by molar-refractivity contribution is 7.92. The van der Waals surface area contributed by atoms with Crippen molar-refractivity contribution in [1.82, 2.24) is 0 Å². The Balaban J connectivity index is 4.16. The van der Waals surface area contributed by atoms with Crippen molar-refractivity contribution in [3.8, 4) is 0 Å². The summed E-state index contributed by atoms with van der Waals surface area (Å²) in [5.74, 6) is 0.339. The predicted molar refractivity (Wildman–Crippen MR) is 85.1 cm³/mol. The molecule has 114 valence electrons. The molecule has 2 nitrogen and oxygen atoms in total. The second-order valence-corrected chi connectivity index (χ2v) is 10.5. The van der Waals surface area contributed by atoms with Crippen LogP contribution in [0.4, 0.5) is 0 Å². The fourth-order valence-electron chi connectivity index (χ4n) is 1.73. The first-order valence-corrected chi connectivity index (χ1v) is 8.89. The number of sulfone groups is 1. The minimum absolute atomic E-state index is 0.0962. The van der Waals surface area contributed by atoms with Crippen LogP contribution in [0, 0.1) is 11.3 Å². The van der Waals surface area contributed by atoms with Crippen molar-refractivity contribution in [3.05, 3.63) is 12.2 Å². The number of unbranched alkanes of at least 4 members (excludes halogenated alkanes) is 1. The molecular weight excluding hydrogens is 256 g/mol. The number of allylic oxidation sites excluding steroid dienone is 2. The average Bonchev–Trinajstić information content (AvgIpc) is 2.12. The average molecular weight is 288 g/mol. The Hall–Kier alpha value is -0.310. The molecule has 0 rings (SSSR count). The van der Waals surface area contributed by atoms with Gasteiger partial charge >= 0.3 is 0 Å². The van der Waals surface area contributed by atoms with Crippen LogP contribution in [0.1, 0.15) is 67.7 Å². The van der Waals surface area contributed by atoms with E-state index >= 15 is 0 Å². The van der Waals surface area contributed by atoms with Crippen LogP contribution in [0.25, 0.3) is 0 Å². The quantitative estimate of drug-likeness (QED) is 0.528. The minimum atomic E-state index is -3.01. The van der Waals surface area contributed by atoms with Crippen LogP contribution < -0.4 is 0 Å². The maximum atomic E-state index is 12.0. The van der Waals surface area contributed by atoms with Crippen LogP contribution in [0.5, 0.6) is 0 Å². The molecular formula is C16H32O2S. The molecule has 0 aromatic rings. The molecule has 0 unspecified atom stereocenters. The summed E-state index contributed by atoms with van der Waals surface area (Å²) in [4.78, 5) is 0. The van der Waals surface area contributed by atoms with Crippen LogP contribution in [-0.4, -0.2) is 18.9 Å². The standard InChI is InChI=1S/C16H32O2S/c1-14(13-19(17,18)16(5,6)7)11-9-8-10-12-15(2,3)4/h9,11,14H,8,10,12-13H2,1-7H3/b11-9+/t14-/m0/s1. The molecule has 1 atom stereocenters. The molecule has 0 saturated heterocycles. The van der Waals surface area contributed by atoms with Gasteiger partial charge in [0.2, 0.25) is 0 Å². The summed E-state index contributed by atoms with van der Waals surface area (Å²) in [7, 11) is -3.01. The van der Waals surface area contributed by atoms with Crippen molar-refractivity contribution in [2.45, 2.75) is 72.5 Å². The molecule has 0 aliphatic carbocycles. The first kappa shape index (κ1) is 18.7. The molecule has 0 fully saturated rings. The lowest BCUT2D eigenvalue weighted by Gasteiger charge is -2.20. The Morgan fingerprint density at radius 2 is 1.58 bits per heavy atom. The van der Waals surface area contributed by atoms with Gasteiger partial charge in [0.25, 0.3) is 0 Å². The Morgan fingerprint density at radius 1 is 1.05 bits per heavy atom. The molecule has 0 heterocycles. The lowest BCUT2D eigenvalue weighted by atomic mass is 9.90. The van der Waals surface area contributed by atoms with Gasteiger partial charge in [-0.2, -0.15) is 0 Å². The van der Waals surface area contributed by atoms with E-state index in [0.717, 1.165) is 6.42 Å². The van der Waals surface area contributed by atoms with E-state index in [2.05, 4.69) is 26.8 Å². The Morgan fingerprint density at radius 3 is 2.00 bits per heavy atom. The molecule has 0 bridgehead atoms. The van der Waals surface area contributed by atoms with Crippen molar-refractivity contribution in [2.24, 2.45) is 11.3 Å². The van der Waals surface area contributed by atoms with Gasteiger partial charge in [-0.1, -0.05) is 39.8 Å². The van der Waals surface area contributed by atoms with E-state index in [-0.39, 0.29) is 11.7 Å². The normalized spacial score (nSPS) is 15.9. The number of hydrogen-bond acceptors (Lipinski definition) is 2. The van der Waals surface area contributed by atoms with Gasteiger partial charge < -0.3 is 0 Å². The van der Waals surface area contributed by atoms with E-state index in [1.807, 2.05) is 13.0 Å². The highest BCUT2D eigenvalue weighted by Crippen LogP contribution is 2.22. The van der Waals surface area contributed by atoms with E-state index < -0.39 is 14.6 Å². The maximum absolute atomic E-state index is 12.0. The smallest absolute Gasteiger partial charge is 0.155 e. The molecule has 0 amide bonds. The highest BCUT2D eigenvalue weighted by atomic mass is 32.2. The van der Waals surface area contributed by atoms with E-state index in [1.54, 1.807) is 20.8 Å². The maximum Gasteiger partial charge on any atom is 0.155 e. The molecule has 0 N–H and O–H groups in total. The SMILES string of the molecule is C[C@@H](/C=C/CCCC(C)(C)C)CS(=O)(=O)C(C)(C)C. The topological polar surface area (TPSA) is 34.1 Å². The Bertz CT molecular complexity index is 378. The van der Waals surface area contributed by atoms with Gasteiger partial charge in [-0.05, 0) is 51.4 Å². The monoisotopic (exact) mass is 288 g/mol. The first-order chi connectivity index (χ1) is 8.35. The van der Waals surface area contributed by atoms with Crippen LogP contribution in [-0.2, 0) is 9.84 Å². The zero-order valence-electron chi connectivity index (χ0n) is 13.8. The Kier molecular flexibility index (Phi) is 6.80. The zero-order valence-corrected chi connectivity index (χ0v) is 14.6. The second-order valence-electron chi connectivity index (χ2n) is 7.75. The van der Waals surface area contributed by atoms with Crippen LogP contribution in [0.15, 0.2) is 12.2 Å². The third kappa shape index (κ3) is 8.46. The second kappa shape index (κ2) is 6.92. The number of hydrogen-bond donors (Lipinski definition) is 0. The molecule has 19 heavy (non-hydrogen) atoms. The van der Waals surface area contributed by atoms with Gasteiger partial charge in [0, 0.05) is 0 Å². The van der Waals surface area contributed by atoms with E-state index in [0.29, 0.717) is 5.41 Å². The summed E-state index contributed by atoms with van der Waals surface area (Å²) >= 11 is 0. The van der Waals surface area contributed by atoms with Gasteiger partial charge in [0.1, 0.15) is 0 Å². The summed E-state index contributed by atoms with van der Waals surface area (Å²) in [5.41, 5.74) is 0.384. The highest BCUT2D eigenvalue weighted by Gasteiger charge is 2.29. The fourth-order valence-corrected chi connectivity index (χ4v) is 3.03. The lowest BCUT2D eigenvalue weighted by Crippen LogP contribution is -2.32. The first-order valence-electron chi connectivity index (χ1n) is 7.24. The van der Waals surface area contributed by atoms with Gasteiger partial charge in [0.05, 0.1) is 10.5 Å². The molecule has 0 saturated carbocycles. The van der Waals surface area contributed by atoms with Crippen molar-refractivity contribution in [3.63, 3.8) is 0 Å². The molecule has 0 spiro atoms. The van der Waals surface area contributed by atoms with Crippen LogP contribution >= 0.6 is 0 Å². The summed E-state index contributed by atoms with van der Waals surface area (Å²) in [6, 6.07) is 0. The summed E-state index contributed by atoms with van der Waals surface area (Å²) in [6.45, 7) is 14.0. The molecule has 0 aromatic heterocycles. The van der Waals surface area contributed by atoms with Crippen molar-refractivity contribution >= 4 is 9.84 Å². The largest absolute Gasteiger partial charge is 0.228 e. The van der Waals surface area contributed by atoms with Crippen molar-refractivity contribution in [1.29, 1.82) is 0 Å². The summed E-state index contributed by atoms with van der Waals surface area (Å²) in [6.07, 6.45) is 7.59. The van der Waals surface area contributed by atoms with Gasteiger partial charge in [-0.25, -0.2) is 8.42 Å². The minimum Gasteiger partial charge on any atom is -0.228 e. The van der Waals surface area contributed by atoms with Gasteiger partial charge in [0.15, 0.2) is 9.84 Å². The van der Waals surface area contributed by atoms with Crippen molar-refractivity contribution < 1.29 is 8.42 Å². The van der Waals surface area contributed by atoms with Crippen LogP contribution in [0.2, 0.25) is 0 Å². The number of rotatable bonds is 6. The van der Waals surface area contributed by atoms with E-state index in [4.69, 9.17) is 0 Å².